The summed E-state index contributed by atoms with van der Waals surface area (Å²) < 4.78 is 17.8. The van der Waals surface area contributed by atoms with E-state index in [1.165, 1.54) is 21.1 Å². The molecule has 0 aliphatic rings. The van der Waals surface area contributed by atoms with Gasteiger partial charge >= 0.3 is 5.97 Å². The molecule has 1 aromatic heterocycles. The summed E-state index contributed by atoms with van der Waals surface area (Å²) in [5.74, 6) is 0.474. The summed E-state index contributed by atoms with van der Waals surface area (Å²) >= 11 is 5.34. The second-order valence-corrected chi connectivity index (χ2v) is 6.16. The van der Waals surface area contributed by atoms with E-state index in [1.807, 2.05) is 36.5 Å². The van der Waals surface area contributed by atoms with E-state index in [9.17, 15) is 4.79 Å². The summed E-state index contributed by atoms with van der Waals surface area (Å²) in [6.07, 6.45) is 3.43. The molecule has 1 N–H and O–H groups in total. The van der Waals surface area contributed by atoms with E-state index < -0.39 is 5.97 Å². The summed E-state index contributed by atoms with van der Waals surface area (Å²) in [6, 6.07) is 13.2. The number of nitrogens with zero attached hydrogens (tertiary/aromatic N) is 2. The van der Waals surface area contributed by atoms with Crippen LogP contribution in [0.1, 0.15) is 12.5 Å². The molecule has 0 fully saturated rings. The second-order valence-electron chi connectivity index (χ2n) is 5.78. The number of benzene rings is 2. The number of esters is 1. The molecule has 28 heavy (non-hydrogen) atoms. The smallest absolute Gasteiger partial charge is 0.308 e. The van der Waals surface area contributed by atoms with Gasteiger partial charge in [0.15, 0.2) is 16.3 Å². The number of nitrogens with one attached hydrogen (secondary N) is 1. The number of rotatable bonds is 6. The van der Waals surface area contributed by atoms with Gasteiger partial charge in [-0.05, 0) is 29.9 Å². The zero-order valence-corrected chi connectivity index (χ0v) is 16.4. The third kappa shape index (κ3) is 4.29. The molecule has 0 aliphatic heterocycles. The van der Waals surface area contributed by atoms with Crippen LogP contribution in [-0.4, -0.2) is 36.1 Å². The Hall–Kier alpha value is -3.39. The van der Waals surface area contributed by atoms with Gasteiger partial charge in [0, 0.05) is 12.5 Å². The zero-order valence-electron chi connectivity index (χ0n) is 15.6. The fourth-order valence-corrected chi connectivity index (χ4v) is 2.79. The molecular weight excluding hydrogens is 378 g/mol. The van der Waals surface area contributed by atoms with Crippen LogP contribution in [0.15, 0.2) is 53.8 Å². The Bertz CT molecular complexity index is 1050. The standard InChI is InChI=1S/C20H19N3O4S/c1-13(24)27-19-17(25-2)9-14(10-18(19)26-3)11-21-23-12-16(22-20(23)28)15-7-5-4-6-8-15/h4-12H,1-3H3,(H,22,28)/b21-11+. The molecule has 1 heterocycles. The van der Waals surface area contributed by atoms with Gasteiger partial charge < -0.3 is 19.2 Å². The number of ether oxygens (including phenoxy) is 3. The van der Waals surface area contributed by atoms with Gasteiger partial charge in [0.1, 0.15) is 0 Å². The molecule has 7 nitrogen and oxygen atoms in total. The first-order valence-corrected chi connectivity index (χ1v) is 8.78. The Kier molecular flexibility index (Phi) is 5.90. The first-order chi connectivity index (χ1) is 13.5. The van der Waals surface area contributed by atoms with Gasteiger partial charge in [-0.3, -0.25) is 4.79 Å². The summed E-state index contributed by atoms with van der Waals surface area (Å²) in [5.41, 5.74) is 2.56. The molecule has 0 spiro atoms. The number of aromatic nitrogens is 2. The molecule has 3 rings (SSSR count). The van der Waals surface area contributed by atoms with Crippen molar-refractivity contribution in [3.63, 3.8) is 0 Å². The van der Waals surface area contributed by atoms with Crippen molar-refractivity contribution in [2.45, 2.75) is 6.92 Å². The molecule has 0 unspecified atom stereocenters. The molecule has 0 amide bonds. The number of carbonyl (C=O) groups excluding carboxylic acids is 1. The van der Waals surface area contributed by atoms with Crippen LogP contribution >= 0.6 is 12.2 Å². The van der Waals surface area contributed by atoms with Gasteiger partial charge in [-0.1, -0.05) is 30.3 Å². The maximum Gasteiger partial charge on any atom is 0.308 e. The van der Waals surface area contributed by atoms with Crippen LogP contribution in [0.25, 0.3) is 11.3 Å². The van der Waals surface area contributed by atoms with E-state index in [4.69, 9.17) is 26.4 Å². The van der Waals surface area contributed by atoms with Crippen molar-refractivity contribution in [1.82, 2.24) is 9.66 Å². The van der Waals surface area contributed by atoms with Crippen LogP contribution in [0.4, 0.5) is 0 Å². The summed E-state index contributed by atoms with van der Waals surface area (Å²) in [5, 5.41) is 4.40. The lowest BCUT2D eigenvalue weighted by atomic mass is 10.2. The van der Waals surface area contributed by atoms with Gasteiger partial charge in [-0.25, -0.2) is 4.68 Å². The second kappa shape index (κ2) is 8.53. The lowest BCUT2D eigenvalue weighted by Crippen LogP contribution is -2.05. The monoisotopic (exact) mass is 397 g/mol. The van der Waals surface area contributed by atoms with Crippen LogP contribution in [0.2, 0.25) is 0 Å². The summed E-state index contributed by atoms with van der Waals surface area (Å²) in [4.78, 5) is 14.5. The third-order valence-electron chi connectivity index (χ3n) is 3.85. The van der Waals surface area contributed by atoms with Crippen molar-refractivity contribution in [2.75, 3.05) is 14.2 Å². The predicted octanol–water partition coefficient (Wildman–Crippen LogP) is 4.04. The molecule has 0 radical (unpaired) electrons. The minimum Gasteiger partial charge on any atom is -0.493 e. The minimum absolute atomic E-state index is 0.222. The molecule has 0 saturated carbocycles. The van der Waals surface area contributed by atoms with E-state index in [-0.39, 0.29) is 5.75 Å². The molecule has 2 aromatic carbocycles. The van der Waals surface area contributed by atoms with Gasteiger partial charge in [-0.15, -0.1) is 0 Å². The average Bonchev–Trinajstić information content (AvgIpc) is 3.07. The third-order valence-corrected chi connectivity index (χ3v) is 4.13. The van der Waals surface area contributed by atoms with Crippen LogP contribution in [-0.2, 0) is 4.79 Å². The molecule has 8 heteroatoms. The summed E-state index contributed by atoms with van der Waals surface area (Å²) in [6.45, 7) is 1.31. The number of imidazole rings is 1. The van der Waals surface area contributed by atoms with Crippen molar-refractivity contribution in [3.8, 4) is 28.5 Å². The molecule has 144 valence electrons. The first-order valence-electron chi connectivity index (χ1n) is 8.37. The van der Waals surface area contributed by atoms with Crippen molar-refractivity contribution in [1.29, 1.82) is 0 Å². The number of H-pyrrole nitrogens is 1. The van der Waals surface area contributed by atoms with Crippen molar-refractivity contribution < 1.29 is 19.0 Å². The highest BCUT2D eigenvalue weighted by Crippen LogP contribution is 2.38. The lowest BCUT2D eigenvalue weighted by molar-refractivity contribution is -0.132. The quantitative estimate of drug-likeness (QED) is 0.294. The highest BCUT2D eigenvalue weighted by Gasteiger charge is 2.15. The normalized spacial score (nSPS) is 10.8. The average molecular weight is 397 g/mol. The number of aromatic amines is 1. The van der Waals surface area contributed by atoms with Gasteiger partial charge in [0.05, 0.1) is 32.3 Å². The number of methoxy groups -OCH3 is 2. The largest absolute Gasteiger partial charge is 0.493 e. The fraction of sp³-hybridized carbons (Fsp3) is 0.150. The van der Waals surface area contributed by atoms with E-state index in [0.29, 0.717) is 21.8 Å². The van der Waals surface area contributed by atoms with Crippen LogP contribution in [0.3, 0.4) is 0 Å². The molecule has 0 saturated heterocycles. The Morgan fingerprint density at radius 3 is 2.36 bits per heavy atom. The van der Waals surface area contributed by atoms with Gasteiger partial charge in [-0.2, -0.15) is 5.10 Å². The van der Waals surface area contributed by atoms with Crippen molar-refractivity contribution >= 4 is 24.4 Å². The maximum atomic E-state index is 11.3. The van der Waals surface area contributed by atoms with E-state index >= 15 is 0 Å². The Labute approximate surface area is 167 Å². The van der Waals surface area contributed by atoms with Crippen LogP contribution in [0, 0.1) is 4.77 Å². The Morgan fingerprint density at radius 2 is 1.79 bits per heavy atom. The zero-order chi connectivity index (χ0) is 20.1. The molecule has 0 bridgehead atoms. The van der Waals surface area contributed by atoms with E-state index in [1.54, 1.807) is 23.0 Å². The molecule has 3 aromatic rings. The summed E-state index contributed by atoms with van der Waals surface area (Å²) in [7, 11) is 2.97. The van der Waals surface area contributed by atoms with Gasteiger partial charge in [0.2, 0.25) is 5.75 Å². The number of hydrogen-bond donors (Lipinski definition) is 1. The molecule has 0 aliphatic carbocycles. The van der Waals surface area contributed by atoms with E-state index in [2.05, 4.69) is 10.1 Å². The molecular formula is C20H19N3O4S. The van der Waals surface area contributed by atoms with Gasteiger partial charge in [0.25, 0.3) is 0 Å². The topological polar surface area (TPSA) is 77.8 Å². The van der Waals surface area contributed by atoms with E-state index in [0.717, 1.165) is 11.3 Å². The fourth-order valence-electron chi connectivity index (χ4n) is 2.58. The SMILES string of the molecule is COc1cc(/C=N/n2cc(-c3ccccc3)[nH]c2=S)cc(OC)c1OC(C)=O. The van der Waals surface area contributed by atoms with Crippen molar-refractivity contribution in [2.24, 2.45) is 5.10 Å². The lowest BCUT2D eigenvalue weighted by Gasteiger charge is -2.13. The maximum absolute atomic E-state index is 11.3. The predicted molar refractivity (Wildman–Crippen MR) is 109 cm³/mol. The highest BCUT2D eigenvalue weighted by molar-refractivity contribution is 7.71. The first kappa shape index (κ1) is 19.4. The Balaban J connectivity index is 1.93. The van der Waals surface area contributed by atoms with Crippen LogP contribution in [0.5, 0.6) is 17.2 Å². The molecule has 0 atom stereocenters. The number of hydrogen-bond acceptors (Lipinski definition) is 6. The number of carbonyl (C=O) groups is 1. The van der Waals surface area contributed by atoms with Crippen LogP contribution < -0.4 is 14.2 Å². The minimum atomic E-state index is -0.468. The van der Waals surface area contributed by atoms with Crippen molar-refractivity contribution in [3.05, 3.63) is 59.0 Å². The Morgan fingerprint density at radius 1 is 1.14 bits per heavy atom. The highest BCUT2D eigenvalue weighted by atomic mass is 32.1.